The molecule has 3 heteroatoms. The van der Waals surface area contributed by atoms with Gasteiger partial charge in [-0.05, 0) is 45.8 Å². The highest BCUT2D eigenvalue weighted by Crippen LogP contribution is 2.05. The third-order valence-corrected chi connectivity index (χ3v) is 2.38. The van der Waals surface area contributed by atoms with Crippen molar-refractivity contribution in [3.8, 4) is 0 Å². The van der Waals surface area contributed by atoms with Crippen LogP contribution in [0.1, 0.15) is 33.6 Å². The smallest absolute Gasteiger partial charge is 0.166 e. The summed E-state index contributed by atoms with van der Waals surface area (Å²) in [5.41, 5.74) is 2.79. The maximum atomic E-state index is 4.97. The van der Waals surface area contributed by atoms with E-state index in [0.717, 1.165) is 19.4 Å². The lowest BCUT2D eigenvalue weighted by atomic mass is 10.1. The first kappa shape index (κ1) is 14.2. The average molecular weight is 226 g/mol. The molecule has 0 saturated heterocycles. The molecule has 0 aliphatic heterocycles. The largest absolute Gasteiger partial charge is 0.366 e. The summed E-state index contributed by atoms with van der Waals surface area (Å²) < 4.78 is 0. The number of hydrogen-bond donors (Lipinski definition) is 2. The quantitative estimate of drug-likeness (QED) is 0.557. The second-order valence-corrected chi connectivity index (χ2v) is 4.24. The van der Waals surface area contributed by atoms with Crippen LogP contribution in [0, 0.1) is 0 Å². The van der Waals surface area contributed by atoms with Crippen LogP contribution in [0.2, 0.25) is 0 Å². The van der Waals surface area contributed by atoms with Gasteiger partial charge >= 0.3 is 0 Å². The third kappa shape index (κ3) is 9.47. The normalized spacial score (nSPS) is 10.8. The van der Waals surface area contributed by atoms with Gasteiger partial charge < -0.3 is 10.6 Å². The monoisotopic (exact) mass is 226 g/mol. The molecule has 0 atom stereocenters. The Labute approximate surface area is 98.8 Å². The minimum Gasteiger partial charge on any atom is -0.366 e. The van der Waals surface area contributed by atoms with Crippen molar-refractivity contribution in [2.45, 2.75) is 33.6 Å². The Morgan fingerprint density at radius 1 is 1.20 bits per heavy atom. The molecule has 2 nitrogen and oxygen atoms in total. The van der Waals surface area contributed by atoms with Gasteiger partial charge in [0, 0.05) is 13.6 Å². The molecule has 0 aromatic heterocycles. The summed E-state index contributed by atoms with van der Waals surface area (Å²) in [5, 5.41) is 6.67. The first-order chi connectivity index (χ1) is 7.06. The lowest BCUT2D eigenvalue weighted by Crippen LogP contribution is -2.32. The molecule has 86 valence electrons. The summed E-state index contributed by atoms with van der Waals surface area (Å²) in [7, 11) is 1.82. The Bertz CT molecular complexity index is 250. The van der Waals surface area contributed by atoms with Crippen molar-refractivity contribution in [1.29, 1.82) is 0 Å². The molecular formula is C12H22N2S. The van der Waals surface area contributed by atoms with Crippen LogP contribution < -0.4 is 10.6 Å². The van der Waals surface area contributed by atoms with Gasteiger partial charge in [0.1, 0.15) is 0 Å². The van der Waals surface area contributed by atoms with Crippen LogP contribution in [0.25, 0.3) is 0 Å². The van der Waals surface area contributed by atoms with Crippen LogP contribution in [-0.2, 0) is 0 Å². The molecule has 2 N–H and O–H groups in total. The summed E-state index contributed by atoms with van der Waals surface area (Å²) in [4.78, 5) is 0. The minimum absolute atomic E-state index is 0.698. The van der Waals surface area contributed by atoms with Crippen LogP contribution >= 0.6 is 12.2 Å². The van der Waals surface area contributed by atoms with Crippen LogP contribution in [0.5, 0.6) is 0 Å². The van der Waals surface area contributed by atoms with Crippen LogP contribution in [0.15, 0.2) is 23.3 Å². The van der Waals surface area contributed by atoms with Gasteiger partial charge in [-0.2, -0.15) is 0 Å². The first-order valence-corrected chi connectivity index (χ1v) is 5.71. The van der Waals surface area contributed by atoms with E-state index in [4.69, 9.17) is 12.2 Å². The number of rotatable bonds is 5. The minimum atomic E-state index is 0.698. The van der Waals surface area contributed by atoms with Crippen molar-refractivity contribution in [2.75, 3.05) is 13.6 Å². The van der Waals surface area contributed by atoms with Gasteiger partial charge in [-0.15, -0.1) is 0 Å². The predicted molar refractivity (Wildman–Crippen MR) is 72.1 cm³/mol. The van der Waals surface area contributed by atoms with E-state index < -0.39 is 0 Å². The molecule has 0 heterocycles. The molecular weight excluding hydrogens is 204 g/mol. The maximum absolute atomic E-state index is 4.97. The van der Waals surface area contributed by atoms with Crippen molar-refractivity contribution in [1.82, 2.24) is 10.6 Å². The Kier molecular flexibility index (Phi) is 8.01. The van der Waals surface area contributed by atoms with Crippen molar-refractivity contribution in [2.24, 2.45) is 0 Å². The molecule has 0 unspecified atom stereocenters. The molecule has 0 spiro atoms. The van der Waals surface area contributed by atoms with Crippen LogP contribution in [-0.4, -0.2) is 18.7 Å². The van der Waals surface area contributed by atoms with E-state index in [2.05, 4.69) is 43.6 Å². The van der Waals surface area contributed by atoms with Gasteiger partial charge in [-0.25, -0.2) is 0 Å². The zero-order chi connectivity index (χ0) is 11.7. The molecule has 0 fully saturated rings. The number of nitrogens with one attached hydrogen (secondary N) is 2. The van der Waals surface area contributed by atoms with Gasteiger partial charge in [0.15, 0.2) is 5.11 Å². The van der Waals surface area contributed by atoms with Crippen molar-refractivity contribution >= 4 is 17.3 Å². The predicted octanol–water partition coefficient (Wildman–Crippen LogP) is 2.77. The third-order valence-electron chi connectivity index (χ3n) is 2.03. The lowest BCUT2D eigenvalue weighted by Gasteiger charge is -2.04. The van der Waals surface area contributed by atoms with Crippen molar-refractivity contribution in [3.05, 3.63) is 23.3 Å². The molecule has 0 aromatic rings. The Hall–Kier alpha value is -0.830. The summed E-state index contributed by atoms with van der Waals surface area (Å²) in [6, 6.07) is 0. The van der Waals surface area contributed by atoms with E-state index in [-0.39, 0.29) is 0 Å². The fourth-order valence-corrected chi connectivity index (χ4v) is 1.18. The van der Waals surface area contributed by atoms with Crippen molar-refractivity contribution < 1.29 is 0 Å². The Balaban J connectivity index is 3.70. The van der Waals surface area contributed by atoms with E-state index in [1.54, 1.807) is 0 Å². The van der Waals surface area contributed by atoms with E-state index in [1.165, 1.54) is 11.1 Å². The van der Waals surface area contributed by atoms with Gasteiger partial charge in [0.05, 0.1) is 0 Å². The summed E-state index contributed by atoms with van der Waals surface area (Å²) in [5.74, 6) is 0. The van der Waals surface area contributed by atoms with E-state index in [0.29, 0.717) is 5.11 Å². The number of allylic oxidation sites excluding steroid dienone is 3. The molecule has 0 rings (SSSR count). The lowest BCUT2D eigenvalue weighted by molar-refractivity contribution is 0.931. The van der Waals surface area contributed by atoms with E-state index in [9.17, 15) is 0 Å². The summed E-state index contributed by atoms with van der Waals surface area (Å²) in [6.45, 7) is 7.22. The van der Waals surface area contributed by atoms with E-state index in [1.807, 2.05) is 7.05 Å². The van der Waals surface area contributed by atoms with Gasteiger partial charge in [-0.1, -0.05) is 23.3 Å². The highest BCUT2D eigenvalue weighted by Gasteiger charge is 1.90. The standard InChI is InChI=1S/C12H22N2S/c1-10(2)6-5-7-11(3)8-9-14-12(15)13-4/h6,8H,5,7,9H2,1-4H3,(H2,13,14,15)/b11-8+. The second-order valence-electron chi connectivity index (χ2n) is 3.83. The summed E-state index contributed by atoms with van der Waals surface area (Å²) in [6.07, 6.45) is 6.70. The highest BCUT2D eigenvalue weighted by molar-refractivity contribution is 7.80. The zero-order valence-electron chi connectivity index (χ0n) is 10.2. The Morgan fingerprint density at radius 3 is 2.40 bits per heavy atom. The SMILES string of the molecule is CNC(=S)NC/C=C(\C)CCC=C(C)C. The fraction of sp³-hybridized carbons (Fsp3) is 0.583. The molecule has 0 aliphatic carbocycles. The number of hydrogen-bond acceptors (Lipinski definition) is 1. The molecule has 0 saturated carbocycles. The fourth-order valence-electron chi connectivity index (χ4n) is 1.10. The van der Waals surface area contributed by atoms with Gasteiger partial charge in [0.2, 0.25) is 0 Å². The average Bonchev–Trinajstić information content (AvgIpc) is 2.17. The van der Waals surface area contributed by atoms with Crippen LogP contribution in [0.4, 0.5) is 0 Å². The molecule has 0 bridgehead atoms. The van der Waals surface area contributed by atoms with Crippen molar-refractivity contribution in [3.63, 3.8) is 0 Å². The first-order valence-electron chi connectivity index (χ1n) is 5.31. The highest BCUT2D eigenvalue weighted by atomic mass is 32.1. The molecule has 0 aromatic carbocycles. The van der Waals surface area contributed by atoms with Crippen LogP contribution in [0.3, 0.4) is 0 Å². The number of thiocarbonyl (C=S) groups is 1. The van der Waals surface area contributed by atoms with E-state index >= 15 is 0 Å². The molecule has 15 heavy (non-hydrogen) atoms. The molecule has 0 aliphatic rings. The zero-order valence-corrected chi connectivity index (χ0v) is 11.0. The topological polar surface area (TPSA) is 24.1 Å². The van der Waals surface area contributed by atoms with Gasteiger partial charge in [0.25, 0.3) is 0 Å². The summed E-state index contributed by atoms with van der Waals surface area (Å²) >= 11 is 4.97. The molecule has 0 amide bonds. The van der Waals surface area contributed by atoms with Gasteiger partial charge in [-0.3, -0.25) is 0 Å². The maximum Gasteiger partial charge on any atom is 0.166 e. The Morgan fingerprint density at radius 2 is 1.87 bits per heavy atom. The second kappa shape index (κ2) is 8.48. The molecule has 0 radical (unpaired) electrons.